The van der Waals surface area contributed by atoms with E-state index in [1.807, 2.05) is 0 Å². The maximum absolute atomic E-state index is 14.2. The van der Waals surface area contributed by atoms with Crippen LogP contribution in [0.2, 0.25) is 0 Å². The first-order chi connectivity index (χ1) is 11.5. The molecule has 24 heavy (non-hydrogen) atoms. The molecule has 0 saturated carbocycles. The van der Waals surface area contributed by atoms with Crippen LogP contribution in [-0.4, -0.2) is 45.9 Å². The van der Waals surface area contributed by atoms with Gasteiger partial charge >= 0.3 is 0 Å². The minimum atomic E-state index is -1.47. The van der Waals surface area contributed by atoms with Gasteiger partial charge in [-0.2, -0.15) is 8.76 Å². The summed E-state index contributed by atoms with van der Waals surface area (Å²) in [4.78, 5) is 13.7. The first kappa shape index (κ1) is 16.5. The van der Waals surface area contributed by atoms with Gasteiger partial charge in [-0.1, -0.05) is 0 Å². The molecule has 1 amide bonds. The van der Waals surface area contributed by atoms with Crippen molar-refractivity contribution >= 4 is 17.6 Å². The maximum atomic E-state index is 14.2. The third kappa shape index (κ3) is 3.01. The van der Waals surface area contributed by atoms with Crippen LogP contribution in [0.25, 0.3) is 0 Å². The molecule has 2 heterocycles. The predicted molar refractivity (Wildman–Crippen MR) is 77.7 cm³/mol. The number of methoxy groups -OCH3 is 1. The molecule has 1 saturated heterocycles. The number of carbonyl (C=O) groups excluding carboxylic acids is 1. The Morgan fingerprint density at radius 1 is 1.38 bits per heavy atom. The van der Waals surface area contributed by atoms with E-state index in [1.54, 1.807) is 0 Å². The first-order valence-corrected chi connectivity index (χ1v) is 7.69. The molecule has 1 aliphatic heterocycles. The van der Waals surface area contributed by atoms with E-state index in [1.165, 1.54) is 11.1 Å². The normalized spacial score (nSPS) is 17.2. The Hall–Kier alpha value is -2.36. The predicted octanol–water partition coefficient (Wildman–Crippen LogP) is 2.26. The van der Waals surface area contributed by atoms with E-state index in [2.05, 4.69) is 13.5 Å². The van der Waals surface area contributed by atoms with Gasteiger partial charge in [-0.15, -0.1) is 4.37 Å². The van der Waals surface area contributed by atoms with Crippen molar-refractivity contribution in [1.82, 2.24) is 13.6 Å². The van der Waals surface area contributed by atoms with Crippen molar-refractivity contribution in [2.45, 2.75) is 12.5 Å². The number of hydrogen-bond acceptors (Lipinski definition) is 6. The number of rotatable bonds is 4. The van der Waals surface area contributed by atoms with Crippen LogP contribution in [0.15, 0.2) is 12.3 Å². The van der Waals surface area contributed by atoms with Gasteiger partial charge in [0.15, 0.2) is 17.4 Å². The summed E-state index contributed by atoms with van der Waals surface area (Å²) in [5.41, 5.74) is -0.582. The lowest BCUT2D eigenvalue weighted by Gasteiger charge is -2.18. The molecule has 0 radical (unpaired) electrons. The molecule has 1 aromatic carbocycles. The molecule has 1 aliphatic rings. The number of hydrogen-bond donors (Lipinski definition) is 0. The molecular weight excluding hydrogens is 347 g/mol. The van der Waals surface area contributed by atoms with Gasteiger partial charge in [0, 0.05) is 13.0 Å². The summed E-state index contributed by atoms with van der Waals surface area (Å²) >= 11 is 0.990. The van der Waals surface area contributed by atoms with Crippen molar-refractivity contribution in [2.75, 3.05) is 20.2 Å². The molecule has 3 rings (SSSR count). The van der Waals surface area contributed by atoms with E-state index in [4.69, 9.17) is 4.74 Å². The van der Waals surface area contributed by atoms with Gasteiger partial charge in [-0.05, 0) is 6.07 Å². The summed E-state index contributed by atoms with van der Waals surface area (Å²) in [5.74, 6) is -5.37. The standard InChI is InChI=1S/C14H12F3N3O3S/c1-22-13-11(16)8(4-9(15)12(13)17)14(21)20-3-2-7(6-20)23-10-5-18-24-19-10/h4-5,7H,2-3,6H2,1H3. The van der Waals surface area contributed by atoms with Gasteiger partial charge in [0.25, 0.3) is 5.91 Å². The lowest BCUT2D eigenvalue weighted by Crippen LogP contribution is -2.31. The van der Waals surface area contributed by atoms with E-state index in [0.29, 0.717) is 24.9 Å². The molecule has 0 N–H and O–H groups in total. The smallest absolute Gasteiger partial charge is 0.257 e. The molecule has 10 heteroatoms. The van der Waals surface area contributed by atoms with Gasteiger partial charge < -0.3 is 14.4 Å². The fraction of sp³-hybridized carbons (Fsp3) is 0.357. The SMILES string of the molecule is COc1c(F)c(F)cc(C(=O)N2CCC(Oc3cnsn3)C2)c1F. The Kier molecular flexibility index (Phi) is 4.56. The van der Waals surface area contributed by atoms with E-state index in [0.717, 1.165) is 18.8 Å². The quantitative estimate of drug-likeness (QED) is 0.784. The summed E-state index contributed by atoms with van der Waals surface area (Å²) in [7, 11) is 0.997. The van der Waals surface area contributed by atoms with Gasteiger partial charge in [0.05, 0.1) is 30.9 Å². The topological polar surface area (TPSA) is 64.5 Å². The number of benzene rings is 1. The highest BCUT2D eigenvalue weighted by atomic mass is 32.1. The summed E-state index contributed by atoms with van der Waals surface area (Å²) in [6, 6.07) is 0.536. The number of carbonyl (C=O) groups is 1. The van der Waals surface area contributed by atoms with Crippen LogP contribution in [0, 0.1) is 17.5 Å². The number of amides is 1. The monoisotopic (exact) mass is 359 g/mol. The second-order valence-electron chi connectivity index (χ2n) is 5.09. The van der Waals surface area contributed by atoms with Crippen molar-refractivity contribution in [1.29, 1.82) is 0 Å². The van der Waals surface area contributed by atoms with Crippen LogP contribution in [0.5, 0.6) is 11.6 Å². The second-order valence-corrected chi connectivity index (χ2v) is 5.65. The number of nitrogens with zero attached hydrogens (tertiary/aromatic N) is 3. The number of likely N-dealkylation sites (tertiary alicyclic amines) is 1. The molecule has 2 aromatic rings. The zero-order valence-corrected chi connectivity index (χ0v) is 13.3. The molecule has 128 valence electrons. The molecule has 1 aromatic heterocycles. The fourth-order valence-electron chi connectivity index (χ4n) is 2.47. The van der Waals surface area contributed by atoms with Gasteiger partial charge in [0.1, 0.15) is 12.3 Å². The van der Waals surface area contributed by atoms with Crippen LogP contribution in [0.3, 0.4) is 0 Å². The third-order valence-electron chi connectivity index (χ3n) is 3.61. The number of aromatic nitrogens is 2. The highest BCUT2D eigenvalue weighted by molar-refractivity contribution is 6.99. The van der Waals surface area contributed by atoms with Gasteiger partial charge in [-0.25, -0.2) is 8.78 Å². The average molecular weight is 359 g/mol. The van der Waals surface area contributed by atoms with E-state index in [-0.39, 0.29) is 12.6 Å². The maximum Gasteiger partial charge on any atom is 0.257 e. The summed E-state index contributed by atoms with van der Waals surface area (Å²) in [5, 5.41) is 0. The summed E-state index contributed by atoms with van der Waals surface area (Å²) in [6.07, 6.45) is 1.63. The zero-order valence-electron chi connectivity index (χ0n) is 12.5. The van der Waals surface area contributed by atoms with Crippen LogP contribution >= 0.6 is 11.7 Å². The number of halogens is 3. The Morgan fingerprint density at radius 2 is 2.17 bits per heavy atom. The highest BCUT2D eigenvalue weighted by Gasteiger charge is 2.32. The largest absolute Gasteiger partial charge is 0.491 e. The Labute approximate surface area is 139 Å². The average Bonchev–Trinajstić information content (AvgIpc) is 3.23. The Morgan fingerprint density at radius 3 is 2.83 bits per heavy atom. The third-order valence-corrected chi connectivity index (χ3v) is 4.07. The fourth-order valence-corrected chi connectivity index (χ4v) is 2.83. The van der Waals surface area contributed by atoms with E-state index in [9.17, 15) is 18.0 Å². The molecule has 0 spiro atoms. The van der Waals surface area contributed by atoms with Crippen LogP contribution in [0.4, 0.5) is 13.2 Å². The lowest BCUT2D eigenvalue weighted by molar-refractivity contribution is 0.0765. The zero-order chi connectivity index (χ0) is 17.3. The molecule has 0 aliphatic carbocycles. The van der Waals surface area contributed by atoms with Gasteiger partial charge in [-0.3, -0.25) is 4.79 Å². The van der Waals surface area contributed by atoms with Crippen LogP contribution < -0.4 is 9.47 Å². The van der Waals surface area contributed by atoms with Crippen molar-refractivity contribution in [3.63, 3.8) is 0 Å². The molecule has 1 fully saturated rings. The molecule has 0 bridgehead atoms. The first-order valence-electron chi connectivity index (χ1n) is 6.96. The van der Waals surface area contributed by atoms with E-state index >= 15 is 0 Å². The Balaban J connectivity index is 1.77. The molecule has 6 nitrogen and oxygen atoms in total. The number of ether oxygens (including phenoxy) is 2. The van der Waals surface area contributed by atoms with Crippen molar-refractivity contribution in [3.05, 3.63) is 35.3 Å². The van der Waals surface area contributed by atoms with Crippen LogP contribution in [0.1, 0.15) is 16.8 Å². The molecular formula is C14H12F3N3O3S. The minimum absolute atomic E-state index is 0.178. The molecule has 1 atom stereocenters. The second kappa shape index (κ2) is 6.63. The van der Waals surface area contributed by atoms with Crippen molar-refractivity contribution in [3.8, 4) is 11.6 Å². The van der Waals surface area contributed by atoms with Crippen LogP contribution in [-0.2, 0) is 0 Å². The summed E-state index contributed by atoms with van der Waals surface area (Å²) in [6.45, 7) is 0.471. The van der Waals surface area contributed by atoms with E-state index < -0.39 is 34.7 Å². The highest BCUT2D eigenvalue weighted by Crippen LogP contribution is 2.28. The van der Waals surface area contributed by atoms with Crippen molar-refractivity contribution in [2.24, 2.45) is 0 Å². The van der Waals surface area contributed by atoms with Gasteiger partial charge in [0.2, 0.25) is 11.7 Å². The lowest BCUT2D eigenvalue weighted by atomic mass is 10.1. The van der Waals surface area contributed by atoms with Crippen molar-refractivity contribution < 1.29 is 27.4 Å². The summed E-state index contributed by atoms with van der Waals surface area (Å²) < 4.78 is 58.9. The Bertz CT molecular complexity index is 757. The minimum Gasteiger partial charge on any atom is -0.491 e. The molecule has 1 unspecified atom stereocenters.